The fourth-order valence-corrected chi connectivity index (χ4v) is 2.75. The van der Waals surface area contributed by atoms with Crippen LogP contribution in [0.15, 0.2) is 4.99 Å². The van der Waals surface area contributed by atoms with Crippen molar-refractivity contribution in [3.8, 4) is 0 Å². The van der Waals surface area contributed by atoms with Crippen molar-refractivity contribution in [1.29, 1.82) is 0 Å². The summed E-state index contributed by atoms with van der Waals surface area (Å²) in [4.78, 5) is 4.69. The highest BCUT2D eigenvalue weighted by Gasteiger charge is 2.14. The maximum Gasteiger partial charge on any atom is 0.191 e. The van der Waals surface area contributed by atoms with E-state index in [0.29, 0.717) is 12.6 Å². The van der Waals surface area contributed by atoms with Crippen LogP contribution in [0.1, 0.15) is 50.2 Å². The summed E-state index contributed by atoms with van der Waals surface area (Å²) in [5, 5.41) is 15.2. The third kappa shape index (κ3) is 5.82. The highest BCUT2D eigenvalue weighted by molar-refractivity contribution is 5.80. The van der Waals surface area contributed by atoms with Crippen molar-refractivity contribution < 1.29 is 4.74 Å². The minimum absolute atomic E-state index is 0.527. The third-order valence-electron chi connectivity index (χ3n) is 4.33. The zero-order valence-electron chi connectivity index (χ0n) is 14.6. The Kier molecular flexibility index (Phi) is 7.32. The monoisotopic (exact) mass is 322 g/mol. The van der Waals surface area contributed by atoms with Gasteiger partial charge in [0.2, 0.25) is 0 Å². The van der Waals surface area contributed by atoms with Crippen molar-refractivity contribution in [3.05, 3.63) is 11.6 Å². The molecule has 1 aromatic heterocycles. The number of nitrogens with one attached hydrogen (secondary N) is 2. The normalized spacial score (nSPS) is 16.6. The molecule has 0 saturated heterocycles. The fraction of sp³-hybridized carbons (Fsp3) is 0.812. The Balaban J connectivity index is 1.92. The van der Waals surface area contributed by atoms with Gasteiger partial charge in [-0.25, -0.2) is 4.99 Å². The second-order valence-corrected chi connectivity index (χ2v) is 6.14. The third-order valence-corrected chi connectivity index (χ3v) is 4.33. The molecule has 0 amide bonds. The first kappa shape index (κ1) is 17.7. The van der Waals surface area contributed by atoms with Crippen molar-refractivity contribution in [3.63, 3.8) is 0 Å². The van der Waals surface area contributed by atoms with Crippen molar-refractivity contribution in [1.82, 2.24) is 25.4 Å². The molecule has 0 aromatic carbocycles. The molecule has 7 nitrogen and oxygen atoms in total. The topological polar surface area (TPSA) is 76.4 Å². The van der Waals surface area contributed by atoms with Crippen LogP contribution in [0.3, 0.4) is 0 Å². The lowest BCUT2D eigenvalue weighted by Crippen LogP contribution is -2.44. The number of aliphatic imine (C=N–C) groups is 1. The molecule has 1 aromatic rings. The minimum Gasteiger partial charge on any atom is -0.385 e. The van der Waals surface area contributed by atoms with E-state index in [1.54, 1.807) is 7.11 Å². The number of hydrogen-bond acceptors (Lipinski definition) is 4. The molecule has 1 heterocycles. The van der Waals surface area contributed by atoms with E-state index in [1.165, 1.54) is 32.1 Å². The summed E-state index contributed by atoms with van der Waals surface area (Å²) in [6.45, 7) is 4.09. The van der Waals surface area contributed by atoms with E-state index in [0.717, 1.165) is 37.2 Å². The number of hydrogen-bond donors (Lipinski definition) is 2. The van der Waals surface area contributed by atoms with Crippen molar-refractivity contribution in [2.75, 3.05) is 20.3 Å². The second kappa shape index (κ2) is 9.50. The Hall–Kier alpha value is -1.63. The molecule has 1 saturated carbocycles. The van der Waals surface area contributed by atoms with E-state index in [4.69, 9.17) is 9.73 Å². The Morgan fingerprint density at radius 3 is 2.74 bits per heavy atom. The lowest BCUT2D eigenvalue weighted by Gasteiger charge is -2.25. The van der Waals surface area contributed by atoms with Gasteiger partial charge in [-0.15, -0.1) is 10.2 Å². The minimum atomic E-state index is 0.527. The van der Waals surface area contributed by atoms with Gasteiger partial charge < -0.3 is 19.9 Å². The van der Waals surface area contributed by atoms with Gasteiger partial charge in [-0.1, -0.05) is 19.3 Å². The van der Waals surface area contributed by atoms with Gasteiger partial charge in [-0.3, -0.25) is 0 Å². The molecule has 0 bridgehead atoms. The van der Waals surface area contributed by atoms with Gasteiger partial charge in [0, 0.05) is 33.4 Å². The van der Waals surface area contributed by atoms with Crippen molar-refractivity contribution in [2.24, 2.45) is 12.0 Å². The molecule has 0 radical (unpaired) electrons. The van der Waals surface area contributed by atoms with E-state index >= 15 is 0 Å². The number of ether oxygens (including phenoxy) is 1. The highest BCUT2D eigenvalue weighted by Crippen LogP contribution is 2.17. The number of aryl methyl sites for hydroxylation is 1. The maximum atomic E-state index is 5.10. The summed E-state index contributed by atoms with van der Waals surface area (Å²) in [5.41, 5.74) is 0. The smallest absolute Gasteiger partial charge is 0.191 e. The largest absolute Gasteiger partial charge is 0.385 e. The first-order valence-corrected chi connectivity index (χ1v) is 8.59. The van der Waals surface area contributed by atoms with Gasteiger partial charge in [0.25, 0.3) is 0 Å². The van der Waals surface area contributed by atoms with Crippen molar-refractivity contribution in [2.45, 2.75) is 58.0 Å². The molecular formula is C16H30N6O. The van der Waals surface area contributed by atoms with Gasteiger partial charge in [-0.2, -0.15) is 0 Å². The van der Waals surface area contributed by atoms with Crippen LogP contribution in [0, 0.1) is 6.92 Å². The van der Waals surface area contributed by atoms with E-state index in [9.17, 15) is 0 Å². The molecule has 7 heteroatoms. The predicted molar refractivity (Wildman–Crippen MR) is 91.4 cm³/mol. The Labute approximate surface area is 138 Å². The van der Waals surface area contributed by atoms with Gasteiger partial charge in [0.05, 0.1) is 0 Å². The molecule has 0 aliphatic heterocycles. The van der Waals surface area contributed by atoms with E-state index in [2.05, 4.69) is 20.8 Å². The Bertz CT molecular complexity index is 493. The first-order chi connectivity index (χ1) is 11.2. The molecule has 23 heavy (non-hydrogen) atoms. The highest BCUT2D eigenvalue weighted by atomic mass is 16.5. The summed E-state index contributed by atoms with van der Waals surface area (Å²) >= 11 is 0. The standard InChI is InChI=1S/C16H30N6O/c1-13-20-21-15(22(13)2)12-18-16(17-10-7-11-23-3)19-14-8-5-4-6-9-14/h14H,4-12H2,1-3H3,(H2,17,18,19). The lowest BCUT2D eigenvalue weighted by atomic mass is 9.96. The number of methoxy groups -OCH3 is 1. The number of rotatable bonds is 7. The average Bonchev–Trinajstić information content (AvgIpc) is 2.89. The summed E-state index contributed by atoms with van der Waals surface area (Å²) in [6.07, 6.45) is 7.37. The van der Waals surface area contributed by atoms with Crippen LogP contribution in [0.5, 0.6) is 0 Å². The molecule has 0 atom stereocenters. The molecular weight excluding hydrogens is 292 g/mol. The zero-order valence-corrected chi connectivity index (χ0v) is 14.6. The van der Waals surface area contributed by atoms with Gasteiger partial charge in [0.1, 0.15) is 12.4 Å². The van der Waals surface area contributed by atoms with Gasteiger partial charge in [-0.05, 0) is 26.2 Å². The predicted octanol–water partition coefficient (Wildman–Crippen LogP) is 1.53. The molecule has 1 fully saturated rings. The van der Waals surface area contributed by atoms with E-state index in [-0.39, 0.29) is 0 Å². The zero-order chi connectivity index (χ0) is 16.5. The molecule has 0 unspecified atom stereocenters. The van der Waals surface area contributed by atoms with Crippen LogP contribution in [0.4, 0.5) is 0 Å². The summed E-state index contributed by atoms with van der Waals surface area (Å²) in [7, 11) is 3.70. The number of guanidine groups is 1. The van der Waals surface area contributed by atoms with E-state index < -0.39 is 0 Å². The van der Waals surface area contributed by atoms with E-state index in [1.807, 2.05) is 18.5 Å². The second-order valence-electron chi connectivity index (χ2n) is 6.14. The Morgan fingerprint density at radius 2 is 2.09 bits per heavy atom. The number of nitrogens with zero attached hydrogens (tertiary/aromatic N) is 4. The molecule has 1 aliphatic rings. The first-order valence-electron chi connectivity index (χ1n) is 8.59. The Morgan fingerprint density at radius 1 is 1.30 bits per heavy atom. The molecule has 2 rings (SSSR count). The summed E-state index contributed by atoms with van der Waals surface area (Å²) < 4.78 is 7.08. The molecule has 130 valence electrons. The van der Waals surface area contributed by atoms with Crippen LogP contribution >= 0.6 is 0 Å². The van der Waals surface area contributed by atoms with Crippen LogP contribution in [0.2, 0.25) is 0 Å². The quantitative estimate of drug-likeness (QED) is 0.452. The van der Waals surface area contributed by atoms with Crippen LogP contribution in [-0.2, 0) is 18.3 Å². The molecule has 0 spiro atoms. The number of aromatic nitrogens is 3. The SMILES string of the molecule is COCCCNC(=NCc1nnc(C)n1C)NC1CCCCC1. The van der Waals surface area contributed by atoms with Crippen LogP contribution < -0.4 is 10.6 Å². The van der Waals surface area contributed by atoms with Crippen LogP contribution in [0.25, 0.3) is 0 Å². The lowest BCUT2D eigenvalue weighted by molar-refractivity contribution is 0.195. The molecule has 1 aliphatic carbocycles. The maximum absolute atomic E-state index is 5.10. The van der Waals surface area contributed by atoms with Crippen molar-refractivity contribution >= 4 is 5.96 Å². The summed E-state index contributed by atoms with van der Waals surface area (Å²) in [5.74, 6) is 2.66. The fourth-order valence-electron chi connectivity index (χ4n) is 2.75. The van der Waals surface area contributed by atoms with Gasteiger partial charge >= 0.3 is 0 Å². The van der Waals surface area contributed by atoms with Crippen LogP contribution in [-0.4, -0.2) is 47.0 Å². The van der Waals surface area contributed by atoms with Gasteiger partial charge in [0.15, 0.2) is 11.8 Å². The molecule has 2 N–H and O–H groups in total. The average molecular weight is 322 g/mol. The summed E-state index contributed by atoms with van der Waals surface area (Å²) in [6, 6.07) is 0.527.